The van der Waals surface area contributed by atoms with Crippen molar-refractivity contribution in [1.82, 2.24) is 9.13 Å². The van der Waals surface area contributed by atoms with Crippen LogP contribution in [-0.4, -0.2) is 31.6 Å². The maximum Gasteiger partial charge on any atom is 0.258 e. The van der Waals surface area contributed by atoms with Gasteiger partial charge in [0.05, 0.1) is 28.6 Å². The molecule has 164 valence electrons. The molecule has 0 spiro atoms. The van der Waals surface area contributed by atoms with Crippen molar-refractivity contribution in [3.05, 3.63) is 77.5 Å². The second kappa shape index (κ2) is 8.14. The summed E-state index contributed by atoms with van der Waals surface area (Å²) in [6, 6.07) is 5.82. The smallest absolute Gasteiger partial charge is 0.258 e. The molecule has 3 rings (SSSR count). The van der Waals surface area contributed by atoms with E-state index in [-0.39, 0.29) is 38.6 Å². The molecule has 0 radical (unpaired) electrons. The fraction of sp³-hybridized carbons (Fsp3) is 0.273. The molecule has 0 bridgehead atoms. The summed E-state index contributed by atoms with van der Waals surface area (Å²) < 4.78 is 8.19. The Kier molecular flexibility index (Phi) is 5.91. The summed E-state index contributed by atoms with van der Waals surface area (Å²) in [5.41, 5.74) is 0.202. The third-order valence-corrected chi connectivity index (χ3v) is 6.16. The van der Waals surface area contributed by atoms with Crippen molar-refractivity contribution in [2.24, 2.45) is 14.1 Å². The second-order valence-corrected chi connectivity index (χ2v) is 8.24. The van der Waals surface area contributed by atoms with Gasteiger partial charge in [-0.15, -0.1) is 0 Å². The van der Waals surface area contributed by atoms with Gasteiger partial charge in [0.2, 0.25) is 0 Å². The van der Waals surface area contributed by atoms with E-state index in [2.05, 4.69) is 15.9 Å². The number of ether oxygens (including phenoxy) is 1. The van der Waals surface area contributed by atoms with Gasteiger partial charge in [-0.25, -0.2) is 0 Å². The van der Waals surface area contributed by atoms with Gasteiger partial charge in [-0.1, -0.05) is 0 Å². The molecule has 31 heavy (non-hydrogen) atoms. The molecule has 0 aliphatic carbocycles. The predicted molar refractivity (Wildman–Crippen MR) is 119 cm³/mol. The van der Waals surface area contributed by atoms with E-state index in [1.54, 1.807) is 27.9 Å². The molecule has 0 aliphatic heterocycles. The molecule has 0 aliphatic rings. The Bertz CT molecular complexity index is 1240. The van der Waals surface area contributed by atoms with Gasteiger partial charge in [0.25, 0.3) is 11.1 Å². The Morgan fingerprint density at radius 1 is 0.871 bits per heavy atom. The molecule has 0 saturated carbocycles. The summed E-state index contributed by atoms with van der Waals surface area (Å²) >= 11 is 3.26. The third kappa shape index (κ3) is 3.69. The molecule has 0 amide bonds. The van der Waals surface area contributed by atoms with Gasteiger partial charge in [0.1, 0.15) is 11.5 Å². The van der Waals surface area contributed by atoms with Crippen molar-refractivity contribution >= 4 is 15.9 Å². The Hall–Kier alpha value is -3.20. The third-order valence-electron chi connectivity index (χ3n) is 5.55. The summed E-state index contributed by atoms with van der Waals surface area (Å²) in [7, 11) is 4.47. The fourth-order valence-electron chi connectivity index (χ4n) is 3.58. The van der Waals surface area contributed by atoms with Crippen molar-refractivity contribution in [1.29, 1.82) is 0 Å². The molecule has 0 fully saturated rings. The van der Waals surface area contributed by atoms with Gasteiger partial charge < -0.3 is 29.2 Å². The highest BCUT2D eigenvalue weighted by Crippen LogP contribution is 2.43. The summed E-state index contributed by atoms with van der Waals surface area (Å²) in [5, 5.41) is 31.7. The van der Waals surface area contributed by atoms with Gasteiger partial charge >= 0.3 is 0 Å². The lowest BCUT2D eigenvalue weighted by molar-refractivity contribution is 0.371. The van der Waals surface area contributed by atoms with Gasteiger partial charge in [-0.3, -0.25) is 9.59 Å². The number of methoxy groups -OCH3 is 1. The Labute approximate surface area is 186 Å². The van der Waals surface area contributed by atoms with E-state index < -0.39 is 17.0 Å². The van der Waals surface area contributed by atoms with Crippen LogP contribution in [0.3, 0.4) is 0 Å². The molecule has 0 saturated heterocycles. The largest absolute Gasteiger partial charge is 0.507 e. The Morgan fingerprint density at radius 2 is 1.32 bits per heavy atom. The van der Waals surface area contributed by atoms with Crippen molar-refractivity contribution in [3.63, 3.8) is 0 Å². The summed E-state index contributed by atoms with van der Waals surface area (Å²) in [4.78, 5) is 26.4. The van der Waals surface area contributed by atoms with Crippen molar-refractivity contribution in [2.45, 2.75) is 19.8 Å². The quantitative estimate of drug-likeness (QED) is 0.518. The zero-order valence-corrected chi connectivity index (χ0v) is 19.3. The molecule has 0 unspecified atom stereocenters. The number of hydrogen-bond acceptors (Lipinski definition) is 6. The monoisotopic (exact) mass is 490 g/mol. The number of nitrogens with zero attached hydrogens (tertiary/aromatic N) is 2. The van der Waals surface area contributed by atoms with E-state index in [1.165, 1.54) is 40.5 Å². The normalized spacial score (nSPS) is 11.2. The number of aromatic hydroxyl groups is 3. The van der Waals surface area contributed by atoms with E-state index >= 15 is 0 Å². The lowest BCUT2D eigenvalue weighted by Gasteiger charge is -2.23. The van der Waals surface area contributed by atoms with Gasteiger partial charge in [0.15, 0.2) is 11.5 Å². The zero-order chi connectivity index (χ0) is 23.2. The summed E-state index contributed by atoms with van der Waals surface area (Å²) in [6.07, 6.45) is 0. The molecule has 3 N–H and O–H groups in total. The molecule has 2 aromatic heterocycles. The average molecular weight is 491 g/mol. The number of phenolic OH excluding ortho intramolecular Hbond substituents is 1. The van der Waals surface area contributed by atoms with Crippen LogP contribution in [-0.2, 0) is 14.1 Å². The first-order chi connectivity index (χ1) is 14.5. The van der Waals surface area contributed by atoms with E-state index in [0.29, 0.717) is 17.0 Å². The van der Waals surface area contributed by atoms with Gasteiger partial charge in [-0.2, -0.15) is 0 Å². The Balaban J connectivity index is 2.52. The standard InChI is InChI=1S/C22H23BrN2O6/c1-10-6-14(26)18(21(29)24(10)3)17(12-8-13(23)20(28)16(9-12)31-5)19-15(27)7-11(2)25(4)22(19)30/h6-9,17,26-28H,1-5H3. The molecule has 3 aromatic rings. The van der Waals surface area contributed by atoms with Crippen LogP contribution in [0, 0.1) is 13.8 Å². The van der Waals surface area contributed by atoms with E-state index in [9.17, 15) is 24.9 Å². The predicted octanol–water partition coefficient (Wildman–Crippen LogP) is 2.77. The van der Waals surface area contributed by atoms with Crippen LogP contribution < -0.4 is 15.9 Å². The number of benzene rings is 1. The summed E-state index contributed by atoms with van der Waals surface area (Å²) in [6.45, 7) is 3.34. The number of rotatable bonds is 4. The van der Waals surface area contributed by atoms with Crippen molar-refractivity contribution < 1.29 is 20.1 Å². The van der Waals surface area contributed by atoms with Crippen LogP contribution in [0.4, 0.5) is 0 Å². The second-order valence-electron chi connectivity index (χ2n) is 7.38. The summed E-state index contributed by atoms with van der Waals surface area (Å²) in [5.74, 6) is -1.82. The van der Waals surface area contributed by atoms with Crippen molar-refractivity contribution in [2.75, 3.05) is 7.11 Å². The Morgan fingerprint density at radius 3 is 1.74 bits per heavy atom. The first-order valence-corrected chi connectivity index (χ1v) is 10.1. The highest BCUT2D eigenvalue weighted by Gasteiger charge is 2.31. The number of aromatic nitrogens is 2. The van der Waals surface area contributed by atoms with Crippen molar-refractivity contribution in [3.8, 4) is 23.0 Å². The average Bonchev–Trinajstić information content (AvgIpc) is 2.71. The van der Waals surface area contributed by atoms with Crippen LogP contribution in [0.25, 0.3) is 0 Å². The lowest BCUT2D eigenvalue weighted by Crippen LogP contribution is -2.30. The van der Waals surface area contributed by atoms with Crippen LogP contribution in [0.5, 0.6) is 23.0 Å². The first-order valence-electron chi connectivity index (χ1n) is 9.34. The van der Waals surface area contributed by atoms with E-state index in [4.69, 9.17) is 4.74 Å². The lowest BCUT2D eigenvalue weighted by atomic mass is 9.84. The molecular weight excluding hydrogens is 468 g/mol. The molecule has 2 heterocycles. The maximum absolute atomic E-state index is 13.2. The highest BCUT2D eigenvalue weighted by atomic mass is 79.9. The zero-order valence-electron chi connectivity index (χ0n) is 17.7. The molecule has 1 aromatic carbocycles. The van der Waals surface area contributed by atoms with E-state index in [1.807, 2.05) is 0 Å². The molecule has 8 nitrogen and oxygen atoms in total. The molecular formula is C22H23BrN2O6. The SMILES string of the molecule is COc1cc(C(c2c(O)cc(C)n(C)c2=O)c2c(O)cc(C)n(C)c2=O)cc(Br)c1O. The molecule has 0 atom stereocenters. The molecule has 9 heteroatoms. The van der Waals surface area contributed by atoms with Gasteiger partial charge in [0, 0.05) is 25.5 Å². The number of phenols is 1. The minimum Gasteiger partial charge on any atom is -0.507 e. The highest BCUT2D eigenvalue weighted by molar-refractivity contribution is 9.10. The fourth-order valence-corrected chi connectivity index (χ4v) is 4.04. The maximum atomic E-state index is 13.2. The van der Waals surface area contributed by atoms with Crippen LogP contribution in [0.15, 0.2) is 38.3 Å². The van der Waals surface area contributed by atoms with Crippen LogP contribution in [0.2, 0.25) is 0 Å². The first kappa shape index (κ1) is 22.5. The van der Waals surface area contributed by atoms with E-state index in [0.717, 1.165) is 0 Å². The number of hydrogen-bond donors (Lipinski definition) is 3. The number of aryl methyl sites for hydroxylation is 2. The van der Waals surface area contributed by atoms with Crippen LogP contribution >= 0.6 is 15.9 Å². The minimum atomic E-state index is -1.13. The van der Waals surface area contributed by atoms with Gasteiger partial charge in [-0.05, 0) is 59.6 Å². The topological polar surface area (TPSA) is 114 Å². The van der Waals surface area contributed by atoms with Crippen LogP contribution in [0.1, 0.15) is 34.0 Å². The minimum absolute atomic E-state index is 0.0796. The number of pyridine rings is 2. The number of halogens is 1.